The van der Waals surface area contributed by atoms with E-state index in [-0.39, 0.29) is 13.4 Å². The van der Waals surface area contributed by atoms with Crippen molar-refractivity contribution in [2.75, 3.05) is 6.79 Å². The first-order valence-electron chi connectivity index (χ1n) is 5.97. The zero-order chi connectivity index (χ0) is 14.8. The second-order valence-electron chi connectivity index (χ2n) is 4.16. The quantitative estimate of drug-likeness (QED) is 0.825. The molecule has 0 saturated carbocycles. The Morgan fingerprint density at radius 1 is 1.14 bits per heavy atom. The summed E-state index contributed by atoms with van der Waals surface area (Å²) in [5, 5.41) is 18.6. The van der Waals surface area contributed by atoms with Crippen molar-refractivity contribution in [3.8, 4) is 23.3 Å². The smallest absolute Gasteiger partial charge is 0.492 e. The summed E-state index contributed by atoms with van der Waals surface area (Å²) in [5.74, 6) is 0.355. The summed E-state index contributed by atoms with van der Waals surface area (Å²) in [5.41, 5.74) is 0.678. The third-order valence-corrected chi connectivity index (χ3v) is 2.76. The molecular weight excluding hydrogens is 282 g/mol. The molecule has 8 heteroatoms. The van der Waals surface area contributed by atoms with Gasteiger partial charge in [0.1, 0.15) is 6.61 Å². The molecule has 1 aromatic carbocycles. The molecule has 0 unspecified atom stereocenters. The Kier molecular flexibility index (Phi) is 3.19. The van der Waals surface area contributed by atoms with Gasteiger partial charge in [0.2, 0.25) is 18.6 Å². The predicted octanol–water partition coefficient (Wildman–Crippen LogP) is 1.39. The minimum Gasteiger partial charge on any atom is -0.492 e. The van der Waals surface area contributed by atoms with Gasteiger partial charge in [-0.05, 0) is 17.7 Å². The Balaban J connectivity index is 1.59. The minimum atomic E-state index is -1.07. The van der Waals surface area contributed by atoms with E-state index in [1.165, 1.54) is 12.1 Å². The van der Waals surface area contributed by atoms with Gasteiger partial charge in [-0.25, -0.2) is 4.79 Å². The lowest BCUT2D eigenvalue weighted by atomic mass is 10.2. The fourth-order valence-corrected chi connectivity index (χ4v) is 1.77. The lowest BCUT2D eigenvalue weighted by Gasteiger charge is -2.08. The molecule has 0 spiro atoms. The zero-order valence-electron chi connectivity index (χ0n) is 10.7. The average Bonchev–Trinajstić information content (AvgIpc) is 3.06. The molecule has 0 radical (unpaired) electrons. The van der Waals surface area contributed by atoms with Crippen LogP contribution in [0.15, 0.2) is 30.3 Å². The predicted molar refractivity (Wildman–Crippen MR) is 67.1 cm³/mol. The molecule has 3 rings (SSSR count). The van der Waals surface area contributed by atoms with Crippen LogP contribution in [0.5, 0.6) is 23.3 Å². The van der Waals surface area contributed by atoms with Gasteiger partial charge in [-0.3, -0.25) is 4.84 Å². The van der Waals surface area contributed by atoms with Crippen molar-refractivity contribution in [3.05, 3.63) is 35.9 Å². The topological polar surface area (TPSA) is 99.4 Å². The number of nitrogens with zero attached hydrogens (tertiary/aromatic N) is 1. The number of aromatic hydroxyl groups is 2. The van der Waals surface area contributed by atoms with Crippen molar-refractivity contribution in [2.24, 2.45) is 0 Å². The second-order valence-corrected chi connectivity index (χ2v) is 4.16. The lowest BCUT2D eigenvalue weighted by molar-refractivity contribution is 0.0310. The molecule has 0 aliphatic carbocycles. The van der Waals surface area contributed by atoms with Gasteiger partial charge >= 0.3 is 6.16 Å². The van der Waals surface area contributed by atoms with Crippen molar-refractivity contribution in [2.45, 2.75) is 6.61 Å². The van der Waals surface area contributed by atoms with Crippen LogP contribution < -0.4 is 14.3 Å². The first kappa shape index (κ1) is 13.0. The van der Waals surface area contributed by atoms with Crippen molar-refractivity contribution >= 4 is 6.16 Å². The molecule has 21 heavy (non-hydrogen) atoms. The number of hydrogen-bond donors (Lipinski definition) is 2. The Labute approximate surface area is 118 Å². The molecule has 0 bridgehead atoms. The van der Waals surface area contributed by atoms with Crippen LogP contribution in [0.25, 0.3) is 0 Å². The van der Waals surface area contributed by atoms with E-state index in [2.05, 4.69) is 4.84 Å². The first-order valence-corrected chi connectivity index (χ1v) is 5.97. The van der Waals surface area contributed by atoms with E-state index in [1.54, 1.807) is 18.2 Å². The van der Waals surface area contributed by atoms with Gasteiger partial charge in [-0.2, -0.15) is 0 Å². The maximum Gasteiger partial charge on any atom is 0.534 e. The molecule has 2 heterocycles. The number of ether oxygens (including phenoxy) is 3. The molecule has 110 valence electrons. The van der Waals surface area contributed by atoms with Crippen molar-refractivity contribution in [3.63, 3.8) is 0 Å². The van der Waals surface area contributed by atoms with Gasteiger partial charge in [-0.1, -0.05) is 6.07 Å². The van der Waals surface area contributed by atoms with Crippen LogP contribution in [0.2, 0.25) is 0 Å². The van der Waals surface area contributed by atoms with Gasteiger partial charge in [0.25, 0.3) is 0 Å². The van der Waals surface area contributed by atoms with Crippen LogP contribution in [0.3, 0.4) is 0 Å². The largest absolute Gasteiger partial charge is 0.534 e. The third kappa shape index (κ3) is 2.64. The highest BCUT2D eigenvalue weighted by molar-refractivity contribution is 5.60. The summed E-state index contributed by atoms with van der Waals surface area (Å²) in [7, 11) is 0. The molecule has 1 aliphatic heterocycles. The van der Waals surface area contributed by atoms with Crippen LogP contribution in [-0.4, -0.2) is 27.9 Å². The summed E-state index contributed by atoms with van der Waals surface area (Å²) in [6, 6.07) is 7.43. The number of aromatic nitrogens is 1. The van der Waals surface area contributed by atoms with Gasteiger partial charge in [0, 0.05) is 12.1 Å². The molecule has 0 fully saturated rings. The molecule has 1 aromatic heterocycles. The second kappa shape index (κ2) is 5.16. The maximum atomic E-state index is 11.5. The van der Waals surface area contributed by atoms with Crippen molar-refractivity contribution < 1.29 is 34.1 Å². The van der Waals surface area contributed by atoms with Crippen LogP contribution in [-0.2, 0) is 11.3 Å². The Morgan fingerprint density at radius 2 is 1.86 bits per heavy atom. The van der Waals surface area contributed by atoms with Crippen LogP contribution in [0, 0.1) is 0 Å². The van der Waals surface area contributed by atoms with Crippen molar-refractivity contribution in [1.29, 1.82) is 0 Å². The fourth-order valence-electron chi connectivity index (χ4n) is 1.77. The summed E-state index contributed by atoms with van der Waals surface area (Å²) in [4.78, 5) is 16.1. The number of carbonyl (C=O) groups is 1. The SMILES string of the molecule is O=C(OCc1ccc2c(c1)OCO2)On1c(O)ccc1O. The van der Waals surface area contributed by atoms with Crippen LogP contribution >= 0.6 is 0 Å². The summed E-state index contributed by atoms with van der Waals surface area (Å²) < 4.78 is 15.8. The highest BCUT2D eigenvalue weighted by Crippen LogP contribution is 2.32. The number of hydrogen-bond acceptors (Lipinski definition) is 7. The van der Waals surface area contributed by atoms with E-state index in [1.807, 2.05) is 0 Å². The zero-order valence-corrected chi connectivity index (χ0v) is 10.7. The van der Waals surface area contributed by atoms with E-state index < -0.39 is 17.9 Å². The number of fused-ring (bicyclic) bond motifs is 1. The van der Waals surface area contributed by atoms with E-state index in [4.69, 9.17) is 14.2 Å². The van der Waals surface area contributed by atoms with Crippen LogP contribution in [0.4, 0.5) is 4.79 Å². The van der Waals surface area contributed by atoms with Crippen LogP contribution in [0.1, 0.15) is 5.56 Å². The van der Waals surface area contributed by atoms with Gasteiger partial charge < -0.3 is 24.4 Å². The third-order valence-electron chi connectivity index (χ3n) is 2.76. The minimum absolute atomic E-state index is 0.0573. The molecule has 8 nitrogen and oxygen atoms in total. The van der Waals surface area contributed by atoms with E-state index >= 15 is 0 Å². The molecule has 2 aromatic rings. The summed E-state index contributed by atoms with van der Waals surface area (Å²) in [6.07, 6.45) is -1.07. The molecule has 2 N–H and O–H groups in total. The maximum absolute atomic E-state index is 11.5. The van der Waals surface area contributed by atoms with Crippen molar-refractivity contribution in [1.82, 2.24) is 4.73 Å². The standard InChI is InChI=1S/C13H11NO7/c15-11-3-4-12(16)14(11)21-13(17)18-6-8-1-2-9-10(5-8)20-7-19-9/h1-5,15-16H,6-7H2. The molecule has 0 saturated heterocycles. The van der Waals surface area contributed by atoms with Gasteiger partial charge in [-0.15, -0.1) is 4.73 Å². The monoisotopic (exact) mass is 293 g/mol. The molecular formula is C13H11NO7. The summed E-state index contributed by atoms with van der Waals surface area (Å²) >= 11 is 0. The number of rotatable bonds is 3. The normalized spacial score (nSPS) is 12.2. The van der Waals surface area contributed by atoms with E-state index in [0.29, 0.717) is 21.8 Å². The number of benzene rings is 1. The molecule has 1 aliphatic rings. The summed E-state index contributed by atoms with van der Waals surface area (Å²) in [6.45, 7) is 0.103. The molecule has 0 atom stereocenters. The lowest BCUT2D eigenvalue weighted by Crippen LogP contribution is -2.20. The highest BCUT2D eigenvalue weighted by atomic mass is 16.8. The van der Waals surface area contributed by atoms with Gasteiger partial charge in [0.15, 0.2) is 11.5 Å². The molecule has 0 amide bonds. The first-order chi connectivity index (χ1) is 10.1. The van der Waals surface area contributed by atoms with E-state index in [0.717, 1.165) is 0 Å². The Morgan fingerprint density at radius 3 is 2.62 bits per heavy atom. The Hall–Kier alpha value is -3.03. The number of carbonyl (C=O) groups excluding carboxylic acids is 1. The highest BCUT2D eigenvalue weighted by Gasteiger charge is 2.16. The average molecular weight is 293 g/mol. The van der Waals surface area contributed by atoms with Gasteiger partial charge in [0.05, 0.1) is 0 Å². The van der Waals surface area contributed by atoms with E-state index in [9.17, 15) is 15.0 Å². The Bertz CT molecular complexity index is 660. The fraction of sp³-hybridized carbons (Fsp3) is 0.154.